The molecule has 7 nitrogen and oxygen atoms in total. The van der Waals surface area contributed by atoms with Gasteiger partial charge in [-0.15, -0.1) is 0 Å². The Labute approximate surface area is 162 Å². The fraction of sp³-hybridized carbons (Fsp3) is 0.632. The smallest absolute Gasteiger partial charge is 0.244 e. The Morgan fingerprint density at radius 1 is 1.19 bits per heavy atom. The molecule has 1 amide bonds. The van der Waals surface area contributed by atoms with Crippen molar-refractivity contribution in [2.45, 2.75) is 32.1 Å². The summed E-state index contributed by atoms with van der Waals surface area (Å²) in [7, 11) is -2.20. The third-order valence-electron chi connectivity index (χ3n) is 4.74. The predicted octanol–water partition coefficient (Wildman–Crippen LogP) is 1.07. The molecule has 0 saturated carbocycles. The second-order valence-corrected chi connectivity index (χ2v) is 8.92. The van der Waals surface area contributed by atoms with Crippen LogP contribution in [0.1, 0.15) is 23.1 Å². The van der Waals surface area contributed by atoms with Gasteiger partial charge in [0.15, 0.2) is 0 Å². The van der Waals surface area contributed by atoms with Crippen LogP contribution in [-0.4, -0.2) is 76.5 Å². The second-order valence-electron chi connectivity index (χ2n) is 7.04. The number of nitrogens with one attached hydrogen (secondary N) is 1. The van der Waals surface area contributed by atoms with Gasteiger partial charge in [-0.2, -0.15) is 4.31 Å². The van der Waals surface area contributed by atoms with Crippen molar-refractivity contribution < 1.29 is 17.9 Å². The molecule has 1 aromatic rings. The number of hydrogen-bond donors (Lipinski definition) is 1. The lowest BCUT2D eigenvalue weighted by atomic mass is 10.1. The van der Waals surface area contributed by atoms with E-state index in [1.165, 1.54) is 4.31 Å². The minimum Gasteiger partial charge on any atom is -0.385 e. The van der Waals surface area contributed by atoms with Crippen LogP contribution in [0.25, 0.3) is 0 Å². The second kappa shape index (κ2) is 9.64. The van der Waals surface area contributed by atoms with E-state index in [1.807, 2.05) is 19.1 Å². The highest BCUT2D eigenvalue weighted by Gasteiger charge is 2.31. The number of amides is 1. The number of benzene rings is 1. The third-order valence-corrected chi connectivity index (χ3v) is 6.89. The highest BCUT2D eigenvalue weighted by atomic mass is 32.2. The van der Waals surface area contributed by atoms with Gasteiger partial charge in [-0.1, -0.05) is 17.7 Å². The molecule has 0 spiro atoms. The first-order chi connectivity index (χ1) is 12.8. The zero-order valence-electron chi connectivity index (χ0n) is 16.7. The molecule has 0 bridgehead atoms. The van der Waals surface area contributed by atoms with Crippen LogP contribution < -0.4 is 5.32 Å². The Bertz CT molecular complexity index is 735. The number of hydrogen-bond acceptors (Lipinski definition) is 5. The quantitative estimate of drug-likeness (QED) is 0.664. The minimum atomic E-state index is -3.78. The number of carbonyl (C=O) groups excluding carboxylic acids is 1. The van der Waals surface area contributed by atoms with Crippen molar-refractivity contribution in [3.05, 3.63) is 28.8 Å². The van der Waals surface area contributed by atoms with E-state index in [0.717, 1.165) is 18.7 Å². The number of methoxy groups -OCH3 is 1. The Balaban J connectivity index is 2.29. The number of aryl methyl sites for hydroxylation is 3. The van der Waals surface area contributed by atoms with Gasteiger partial charge in [0.1, 0.15) is 0 Å². The first-order valence-corrected chi connectivity index (χ1v) is 10.8. The molecule has 0 unspecified atom stereocenters. The van der Waals surface area contributed by atoms with Gasteiger partial charge in [0.2, 0.25) is 15.9 Å². The molecule has 1 N–H and O–H groups in total. The van der Waals surface area contributed by atoms with E-state index in [4.69, 9.17) is 4.74 Å². The van der Waals surface area contributed by atoms with Crippen LogP contribution in [-0.2, 0) is 19.6 Å². The number of carbonyl (C=O) groups is 1. The minimum absolute atomic E-state index is 0.140. The first-order valence-electron chi connectivity index (χ1n) is 9.32. The Morgan fingerprint density at radius 2 is 1.78 bits per heavy atom. The van der Waals surface area contributed by atoms with Crippen molar-refractivity contribution >= 4 is 15.9 Å². The van der Waals surface area contributed by atoms with Crippen LogP contribution in [0.4, 0.5) is 0 Å². The number of nitrogens with zero attached hydrogens (tertiary/aromatic N) is 2. The van der Waals surface area contributed by atoms with Crippen LogP contribution in [0, 0.1) is 20.8 Å². The lowest BCUT2D eigenvalue weighted by Crippen LogP contribution is -2.50. The van der Waals surface area contributed by atoms with Crippen LogP contribution >= 0.6 is 0 Å². The van der Waals surface area contributed by atoms with E-state index in [9.17, 15) is 13.2 Å². The average molecular weight is 398 g/mol. The van der Waals surface area contributed by atoms with Crippen molar-refractivity contribution in [1.29, 1.82) is 0 Å². The summed E-state index contributed by atoms with van der Waals surface area (Å²) in [5.41, 5.74) is 2.43. The molecule has 8 heteroatoms. The van der Waals surface area contributed by atoms with Crippen LogP contribution in [0.5, 0.6) is 0 Å². The lowest BCUT2D eigenvalue weighted by Gasteiger charge is -2.30. The summed E-state index contributed by atoms with van der Waals surface area (Å²) in [4.78, 5) is 14.7. The molecule has 152 valence electrons. The van der Waals surface area contributed by atoms with E-state index in [1.54, 1.807) is 25.9 Å². The van der Waals surface area contributed by atoms with E-state index in [2.05, 4.69) is 5.32 Å². The molecular weight excluding hydrogens is 366 g/mol. The van der Waals surface area contributed by atoms with Gasteiger partial charge in [-0.05, 0) is 38.3 Å². The molecular formula is C19H31N3O4S. The molecule has 27 heavy (non-hydrogen) atoms. The number of sulfonamides is 1. The van der Waals surface area contributed by atoms with Crippen molar-refractivity contribution in [2.75, 3.05) is 53.0 Å². The van der Waals surface area contributed by atoms with Gasteiger partial charge in [0.25, 0.3) is 0 Å². The van der Waals surface area contributed by atoms with E-state index in [0.29, 0.717) is 42.1 Å². The van der Waals surface area contributed by atoms with Gasteiger partial charge >= 0.3 is 0 Å². The molecule has 1 heterocycles. The molecule has 0 atom stereocenters. The molecule has 1 saturated heterocycles. The number of ether oxygens (including phenoxy) is 1. The standard InChI is InChI=1S/C19H31N3O4S/c1-15-12-16(2)19(17(3)13-15)27(24,25)22(8-5-11-26-4)14-18(23)21-9-6-20-7-10-21/h12-13,20H,5-11,14H2,1-4H3. The zero-order valence-corrected chi connectivity index (χ0v) is 17.6. The molecule has 0 aromatic heterocycles. The topological polar surface area (TPSA) is 79.0 Å². The summed E-state index contributed by atoms with van der Waals surface area (Å²) in [5, 5.41) is 3.20. The maximum absolute atomic E-state index is 13.4. The highest BCUT2D eigenvalue weighted by molar-refractivity contribution is 7.89. The van der Waals surface area contributed by atoms with Gasteiger partial charge in [-0.25, -0.2) is 8.42 Å². The molecule has 1 aromatic carbocycles. The average Bonchev–Trinajstić information content (AvgIpc) is 2.60. The maximum atomic E-state index is 13.4. The van der Waals surface area contributed by atoms with Gasteiger partial charge < -0.3 is 15.0 Å². The first kappa shape index (κ1) is 21.8. The lowest BCUT2D eigenvalue weighted by molar-refractivity contribution is -0.132. The molecule has 1 fully saturated rings. The van der Waals surface area contributed by atoms with E-state index in [-0.39, 0.29) is 19.0 Å². The van der Waals surface area contributed by atoms with E-state index >= 15 is 0 Å². The maximum Gasteiger partial charge on any atom is 0.244 e. The van der Waals surface area contributed by atoms with E-state index < -0.39 is 10.0 Å². The van der Waals surface area contributed by atoms with Gasteiger partial charge in [0.05, 0.1) is 11.4 Å². The summed E-state index contributed by atoms with van der Waals surface area (Å²) in [5.74, 6) is -0.153. The Kier molecular flexibility index (Phi) is 7.79. The van der Waals surface area contributed by atoms with Crippen molar-refractivity contribution in [3.8, 4) is 0 Å². The van der Waals surface area contributed by atoms with Crippen LogP contribution in [0.2, 0.25) is 0 Å². The van der Waals surface area contributed by atoms with Crippen molar-refractivity contribution in [1.82, 2.24) is 14.5 Å². The monoisotopic (exact) mass is 397 g/mol. The largest absolute Gasteiger partial charge is 0.385 e. The summed E-state index contributed by atoms with van der Waals surface area (Å²) in [6.45, 7) is 8.79. The fourth-order valence-electron chi connectivity index (χ4n) is 3.54. The van der Waals surface area contributed by atoms with Crippen LogP contribution in [0.3, 0.4) is 0 Å². The Hall–Kier alpha value is -1.48. The predicted molar refractivity (Wildman–Crippen MR) is 105 cm³/mol. The Morgan fingerprint density at radius 3 is 2.33 bits per heavy atom. The summed E-state index contributed by atoms with van der Waals surface area (Å²) >= 11 is 0. The summed E-state index contributed by atoms with van der Waals surface area (Å²) < 4.78 is 33.2. The van der Waals surface area contributed by atoms with Crippen LogP contribution in [0.15, 0.2) is 17.0 Å². The van der Waals surface area contributed by atoms with Gasteiger partial charge in [-0.3, -0.25) is 4.79 Å². The SMILES string of the molecule is COCCCN(CC(=O)N1CCNCC1)S(=O)(=O)c1c(C)cc(C)cc1C. The zero-order chi connectivity index (χ0) is 20.0. The molecule has 0 aliphatic carbocycles. The summed E-state index contributed by atoms with van der Waals surface area (Å²) in [6.07, 6.45) is 0.536. The number of piperazine rings is 1. The summed E-state index contributed by atoms with van der Waals surface area (Å²) in [6, 6.07) is 3.73. The third kappa shape index (κ3) is 5.51. The highest BCUT2D eigenvalue weighted by Crippen LogP contribution is 2.25. The number of rotatable bonds is 8. The molecule has 1 aliphatic heterocycles. The fourth-order valence-corrected chi connectivity index (χ4v) is 5.38. The molecule has 2 rings (SSSR count). The van der Waals surface area contributed by atoms with Crippen molar-refractivity contribution in [3.63, 3.8) is 0 Å². The normalized spacial score (nSPS) is 15.4. The molecule has 1 aliphatic rings. The van der Waals surface area contributed by atoms with Gasteiger partial charge in [0, 0.05) is 46.4 Å². The van der Waals surface area contributed by atoms with Crippen molar-refractivity contribution in [2.24, 2.45) is 0 Å². The molecule has 0 radical (unpaired) electrons.